The molecular weight excluding hydrogens is 178 g/mol. The summed E-state index contributed by atoms with van der Waals surface area (Å²) in [4.78, 5) is 10.7. The predicted molar refractivity (Wildman–Crippen MR) is 53.0 cm³/mol. The van der Waals surface area contributed by atoms with Crippen LogP contribution in [0.1, 0.15) is 5.69 Å². The highest BCUT2D eigenvalue weighted by Gasteiger charge is 2.09. The molecule has 14 heavy (non-hydrogen) atoms. The van der Waals surface area contributed by atoms with Gasteiger partial charge in [-0.15, -0.1) is 0 Å². The van der Waals surface area contributed by atoms with Gasteiger partial charge in [0.1, 0.15) is 0 Å². The van der Waals surface area contributed by atoms with Crippen LogP contribution in [-0.4, -0.2) is 47.7 Å². The first-order valence-electron chi connectivity index (χ1n) is 5.00. The Morgan fingerprint density at radius 3 is 2.86 bits per heavy atom. The fourth-order valence-electron chi connectivity index (χ4n) is 1.56. The summed E-state index contributed by atoms with van der Waals surface area (Å²) in [7, 11) is 0. The number of ether oxygens (including phenoxy) is 1. The zero-order valence-corrected chi connectivity index (χ0v) is 8.22. The molecule has 2 heterocycles. The lowest BCUT2D eigenvalue weighted by molar-refractivity contribution is 0.0383. The molecule has 1 aliphatic heterocycles. The van der Waals surface area contributed by atoms with Crippen molar-refractivity contribution in [2.45, 2.75) is 6.42 Å². The lowest BCUT2D eigenvalue weighted by Gasteiger charge is -2.26. The Hall–Kier alpha value is -1.00. The van der Waals surface area contributed by atoms with Crippen LogP contribution in [0.25, 0.3) is 0 Å². The van der Waals surface area contributed by atoms with Gasteiger partial charge in [0.05, 0.1) is 18.9 Å². The van der Waals surface area contributed by atoms with Gasteiger partial charge in [0.15, 0.2) is 0 Å². The largest absolute Gasteiger partial charge is 0.379 e. The van der Waals surface area contributed by atoms with Gasteiger partial charge in [0.25, 0.3) is 0 Å². The minimum Gasteiger partial charge on any atom is -0.379 e. The van der Waals surface area contributed by atoms with Gasteiger partial charge in [0, 0.05) is 44.6 Å². The van der Waals surface area contributed by atoms with Gasteiger partial charge < -0.3 is 4.74 Å². The van der Waals surface area contributed by atoms with E-state index in [4.69, 9.17) is 4.74 Å². The molecule has 0 aromatic carbocycles. The van der Waals surface area contributed by atoms with Crippen molar-refractivity contribution in [1.82, 2.24) is 14.9 Å². The highest BCUT2D eigenvalue weighted by Crippen LogP contribution is 1.99. The Morgan fingerprint density at radius 2 is 2.14 bits per heavy atom. The first kappa shape index (κ1) is 9.55. The number of aromatic nitrogens is 2. The lowest BCUT2D eigenvalue weighted by atomic mass is 10.3. The molecule has 0 atom stereocenters. The molecule has 0 radical (unpaired) electrons. The first-order valence-corrected chi connectivity index (χ1v) is 5.00. The normalized spacial score (nSPS) is 18.3. The Balaban J connectivity index is 1.76. The Morgan fingerprint density at radius 1 is 1.29 bits per heavy atom. The van der Waals surface area contributed by atoms with E-state index in [0.29, 0.717) is 0 Å². The van der Waals surface area contributed by atoms with Crippen LogP contribution >= 0.6 is 0 Å². The van der Waals surface area contributed by atoms with Gasteiger partial charge in [-0.05, 0) is 0 Å². The molecule has 0 bridgehead atoms. The number of rotatable bonds is 3. The van der Waals surface area contributed by atoms with Gasteiger partial charge in [-0.1, -0.05) is 0 Å². The average Bonchev–Trinajstić information content (AvgIpc) is 2.29. The molecule has 1 aromatic rings. The molecule has 76 valence electrons. The second-order valence-electron chi connectivity index (χ2n) is 3.40. The maximum Gasteiger partial charge on any atom is 0.0599 e. The highest BCUT2D eigenvalue weighted by atomic mass is 16.5. The van der Waals surface area contributed by atoms with Crippen molar-refractivity contribution in [3.63, 3.8) is 0 Å². The van der Waals surface area contributed by atoms with E-state index in [2.05, 4.69) is 14.9 Å². The topological polar surface area (TPSA) is 38.2 Å². The van der Waals surface area contributed by atoms with Crippen molar-refractivity contribution < 1.29 is 4.74 Å². The number of hydrogen-bond acceptors (Lipinski definition) is 4. The molecule has 2 rings (SSSR count). The van der Waals surface area contributed by atoms with Crippen molar-refractivity contribution in [2.75, 3.05) is 32.8 Å². The maximum atomic E-state index is 5.28. The number of nitrogens with zero attached hydrogens (tertiary/aromatic N) is 3. The second kappa shape index (κ2) is 5.02. The van der Waals surface area contributed by atoms with Crippen LogP contribution in [0, 0.1) is 0 Å². The average molecular weight is 193 g/mol. The van der Waals surface area contributed by atoms with Gasteiger partial charge in [-0.25, -0.2) is 0 Å². The van der Waals surface area contributed by atoms with E-state index in [1.54, 1.807) is 12.4 Å². The van der Waals surface area contributed by atoms with E-state index in [0.717, 1.165) is 45.0 Å². The van der Waals surface area contributed by atoms with Crippen molar-refractivity contribution in [2.24, 2.45) is 0 Å². The Labute approximate surface area is 83.9 Å². The van der Waals surface area contributed by atoms with E-state index in [-0.39, 0.29) is 0 Å². The molecule has 0 N–H and O–H groups in total. The monoisotopic (exact) mass is 193 g/mol. The zero-order chi connectivity index (χ0) is 9.64. The summed E-state index contributed by atoms with van der Waals surface area (Å²) in [6.07, 6.45) is 6.27. The summed E-state index contributed by atoms with van der Waals surface area (Å²) in [6.45, 7) is 4.86. The summed E-state index contributed by atoms with van der Waals surface area (Å²) in [6, 6.07) is 0. The van der Waals surface area contributed by atoms with Crippen molar-refractivity contribution in [3.8, 4) is 0 Å². The summed E-state index contributed by atoms with van der Waals surface area (Å²) in [5.41, 5.74) is 1.07. The van der Waals surface area contributed by atoms with Crippen LogP contribution in [0.5, 0.6) is 0 Å². The fraction of sp³-hybridized carbons (Fsp3) is 0.600. The Bertz CT molecular complexity index is 259. The lowest BCUT2D eigenvalue weighted by Crippen LogP contribution is -2.37. The van der Waals surface area contributed by atoms with Gasteiger partial charge in [0.2, 0.25) is 0 Å². The van der Waals surface area contributed by atoms with Crippen LogP contribution < -0.4 is 0 Å². The predicted octanol–water partition coefficient (Wildman–Crippen LogP) is 0.351. The minimum absolute atomic E-state index is 0.862. The van der Waals surface area contributed by atoms with Crippen LogP contribution in [0.15, 0.2) is 18.6 Å². The smallest absolute Gasteiger partial charge is 0.0599 e. The van der Waals surface area contributed by atoms with E-state index in [1.165, 1.54) is 0 Å². The summed E-state index contributed by atoms with van der Waals surface area (Å²) in [5, 5.41) is 0. The van der Waals surface area contributed by atoms with E-state index in [9.17, 15) is 0 Å². The fourth-order valence-corrected chi connectivity index (χ4v) is 1.56. The molecule has 1 fully saturated rings. The third-order valence-corrected chi connectivity index (χ3v) is 2.40. The molecule has 4 heteroatoms. The van der Waals surface area contributed by atoms with Crippen LogP contribution in [0.3, 0.4) is 0 Å². The van der Waals surface area contributed by atoms with Crippen LogP contribution in [0.2, 0.25) is 0 Å². The molecule has 0 amide bonds. The third kappa shape index (κ3) is 2.75. The van der Waals surface area contributed by atoms with Crippen molar-refractivity contribution in [1.29, 1.82) is 0 Å². The standard InChI is InChI=1S/C10H15N3O/c1(10-9-11-2-3-12-10)4-13-5-7-14-8-6-13/h2-3,9H,1,4-8H2. The molecule has 1 saturated heterocycles. The number of morpholine rings is 1. The van der Waals surface area contributed by atoms with Crippen molar-refractivity contribution in [3.05, 3.63) is 24.3 Å². The molecule has 0 aliphatic carbocycles. The molecule has 0 unspecified atom stereocenters. The minimum atomic E-state index is 0.862. The quantitative estimate of drug-likeness (QED) is 0.694. The van der Waals surface area contributed by atoms with Gasteiger partial charge >= 0.3 is 0 Å². The van der Waals surface area contributed by atoms with E-state index < -0.39 is 0 Å². The first-order chi connectivity index (χ1) is 6.95. The summed E-state index contributed by atoms with van der Waals surface area (Å²) >= 11 is 0. The molecule has 1 aliphatic rings. The highest BCUT2D eigenvalue weighted by molar-refractivity contribution is 4.95. The summed E-state index contributed by atoms with van der Waals surface area (Å²) in [5.74, 6) is 0. The van der Waals surface area contributed by atoms with E-state index >= 15 is 0 Å². The van der Waals surface area contributed by atoms with Crippen LogP contribution in [-0.2, 0) is 11.2 Å². The maximum absolute atomic E-state index is 5.28. The molecular formula is C10H15N3O. The van der Waals surface area contributed by atoms with Gasteiger partial charge in [-0.3, -0.25) is 14.9 Å². The van der Waals surface area contributed by atoms with Crippen LogP contribution in [0.4, 0.5) is 0 Å². The molecule has 0 spiro atoms. The zero-order valence-electron chi connectivity index (χ0n) is 8.22. The second-order valence-corrected chi connectivity index (χ2v) is 3.40. The SMILES string of the molecule is c1cnc(CCN2CCOCC2)cn1. The van der Waals surface area contributed by atoms with Gasteiger partial charge in [-0.2, -0.15) is 0 Å². The van der Waals surface area contributed by atoms with E-state index in [1.807, 2.05) is 6.20 Å². The number of hydrogen-bond donors (Lipinski definition) is 0. The molecule has 0 saturated carbocycles. The third-order valence-electron chi connectivity index (χ3n) is 2.40. The molecule has 1 aromatic heterocycles. The Kier molecular flexibility index (Phi) is 3.43. The van der Waals surface area contributed by atoms with Crippen molar-refractivity contribution >= 4 is 0 Å². The summed E-state index contributed by atoms with van der Waals surface area (Å²) < 4.78 is 5.28. The molecule has 4 nitrogen and oxygen atoms in total.